The standard InChI is InChI=1S/C16H11ClN2O2/c17-10-5-7-11(8-6-10)18-16(21)13-9-15(20)19-14-4-2-1-3-12(13)14/h1-9H,(H,18,21)(H,19,20). The molecule has 1 aromatic heterocycles. The van der Waals surface area contributed by atoms with E-state index >= 15 is 0 Å². The lowest BCUT2D eigenvalue weighted by Crippen LogP contribution is -2.16. The van der Waals surface area contributed by atoms with E-state index in [0.29, 0.717) is 27.2 Å². The van der Waals surface area contributed by atoms with Crippen LogP contribution in [0.25, 0.3) is 10.9 Å². The summed E-state index contributed by atoms with van der Waals surface area (Å²) in [6, 6.07) is 15.3. The maximum absolute atomic E-state index is 12.4. The zero-order valence-electron chi connectivity index (χ0n) is 10.9. The summed E-state index contributed by atoms with van der Waals surface area (Å²) in [5.74, 6) is -0.334. The molecule has 21 heavy (non-hydrogen) atoms. The lowest BCUT2D eigenvalue weighted by atomic mass is 10.1. The summed E-state index contributed by atoms with van der Waals surface area (Å²) in [4.78, 5) is 26.7. The number of halogens is 1. The Bertz CT molecular complexity index is 869. The highest BCUT2D eigenvalue weighted by Crippen LogP contribution is 2.18. The van der Waals surface area contributed by atoms with E-state index in [2.05, 4.69) is 10.3 Å². The van der Waals surface area contributed by atoms with E-state index in [1.165, 1.54) is 6.07 Å². The number of H-pyrrole nitrogens is 1. The smallest absolute Gasteiger partial charge is 0.256 e. The number of carbonyl (C=O) groups is 1. The normalized spacial score (nSPS) is 10.5. The number of hydrogen-bond donors (Lipinski definition) is 2. The number of aromatic amines is 1. The van der Waals surface area contributed by atoms with Crippen LogP contribution in [0.15, 0.2) is 59.4 Å². The van der Waals surface area contributed by atoms with Crippen molar-refractivity contribution in [2.24, 2.45) is 0 Å². The maximum atomic E-state index is 12.4. The van der Waals surface area contributed by atoms with Gasteiger partial charge in [-0.05, 0) is 30.3 Å². The predicted molar refractivity (Wildman–Crippen MR) is 84.0 cm³/mol. The largest absolute Gasteiger partial charge is 0.322 e. The van der Waals surface area contributed by atoms with Gasteiger partial charge in [0.15, 0.2) is 0 Å². The second kappa shape index (κ2) is 5.42. The van der Waals surface area contributed by atoms with Crippen LogP contribution in [0.5, 0.6) is 0 Å². The molecule has 0 spiro atoms. The van der Waals surface area contributed by atoms with E-state index in [1.807, 2.05) is 6.07 Å². The Labute approximate surface area is 125 Å². The summed E-state index contributed by atoms with van der Waals surface area (Å²) in [7, 11) is 0. The first-order chi connectivity index (χ1) is 10.1. The third kappa shape index (κ3) is 2.80. The summed E-state index contributed by atoms with van der Waals surface area (Å²) < 4.78 is 0. The number of hydrogen-bond acceptors (Lipinski definition) is 2. The zero-order chi connectivity index (χ0) is 14.8. The summed E-state index contributed by atoms with van der Waals surface area (Å²) in [5.41, 5.74) is 1.28. The molecule has 2 N–H and O–H groups in total. The molecule has 0 saturated carbocycles. The van der Waals surface area contributed by atoms with Crippen molar-refractivity contribution in [3.05, 3.63) is 75.5 Å². The number of aromatic nitrogens is 1. The van der Waals surface area contributed by atoms with Gasteiger partial charge in [-0.15, -0.1) is 0 Å². The van der Waals surface area contributed by atoms with Gasteiger partial charge in [-0.3, -0.25) is 9.59 Å². The molecule has 0 saturated heterocycles. The highest BCUT2D eigenvalue weighted by molar-refractivity contribution is 6.30. The number of fused-ring (bicyclic) bond motifs is 1. The van der Waals surface area contributed by atoms with Crippen molar-refractivity contribution in [2.45, 2.75) is 0 Å². The Hall–Kier alpha value is -2.59. The molecule has 0 bridgehead atoms. The van der Waals surface area contributed by atoms with Gasteiger partial charge in [0.2, 0.25) is 5.56 Å². The first-order valence-corrected chi connectivity index (χ1v) is 6.70. The molecule has 1 amide bonds. The third-order valence-corrected chi connectivity index (χ3v) is 3.35. The van der Waals surface area contributed by atoms with Crippen LogP contribution in [0.1, 0.15) is 10.4 Å². The Morgan fingerprint density at radius 3 is 2.52 bits per heavy atom. The molecule has 0 radical (unpaired) electrons. The zero-order valence-corrected chi connectivity index (χ0v) is 11.6. The Kier molecular flexibility index (Phi) is 3.46. The maximum Gasteiger partial charge on any atom is 0.256 e. The molecule has 4 nitrogen and oxygen atoms in total. The molecule has 0 aliphatic carbocycles. The number of para-hydroxylation sites is 1. The average molecular weight is 299 g/mol. The number of benzene rings is 2. The van der Waals surface area contributed by atoms with Gasteiger partial charge in [0.25, 0.3) is 5.91 Å². The van der Waals surface area contributed by atoms with E-state index in [1.54, 1.807) is 42.5 Å². The van der Waals surface area contributed by atoms with Crippen LogP contribution < -0.4 is 10.9 Å². The van der Waals surface area contributed by atoms with Crippen molar-refractivity contribution < 1.29 is 4.79 Å². The molecule has 1 heterocycles. The van der Waals surface area contributed by atoms with Gasteiger partial charge >= 0.3 is 0 Å². The third-order valence-electron chi connectivity index (χ3n) is 3.10. The summed E-state index contributed by atoms with van der Waals surface area (Å²) in [6.07, 6.45) is 0. The average Bonchev–Trinajstić information content (AvgIpc) is 2.48. The molecule has 2 aromatic carbocycles. The molecule has 104 valence electrons. The quantitative estimate of drug-likeness (QED) is 0.761. The highest BCUT2D eigenvalue weighted by atomic mass is 35.5. The van der Waals surface area contributed by atoms with E-state index in [9.17, 15) is 9.59 Å². The van der Waals surface area contributed by atoms with Crippen LogP contribution in [0, 0.1) is 0 Å². The van der Waals surface area contributed by atoms with Gasteiger partial charge in [-0.25, -0.2) is 0 Å². The van der Waals surface area contributed by atoms with Gasteiger partial charge in [0, 0.05) is 27.7 Å². The fourth-order valence-electron chi connectivity index (χ4n) is 2.12. The first-order valence-electron chi connectivity index (χ1n) is 6.32. The van der Waals surface area contributed by atoms with Gasteiger partial charge in [-0.2, -0.15) is 0 Å². The highest BCUT2D eigenvalue weighted by Gasteiger charge is 2.11. The number of carbonyl (C=O) groups excluding carboxylic acids is 1. The van der Waals surface area contributed by atoms with E-state index in [-0.39, 0.29) is 11.5 Å². The number of amides is 1. The van der Waals surface area contributed by atoms with Gasteiger partial charge in [0.1, 0.15) is 0 Å². The lowest BCUT2D eigenvalue weighted by molar-refractivity contribution is 0.102. The second-order valence-corrected chi connectivity index (χ2v) is 4.99. The van der Waals surface area contributed by atoms with Crippen molar-refractivity contribution in [3.63, 3.8) is 0 Å². The minimum Gasteiger partial charge on any atom is -0.322 e. The van der Waals surface area contributed by atoms with Crippen molar-refractivity contribution in [1.82, 2.24) is 4.98 Å². The van der Waals surface area contributed by atoms with E-state index < -0.39 is 0 Å². The summed E-state index contributed by atoms with van der Waals surface area (Å²) in [5, 5.41) is 4.04. The molecule has 0 aliphatic heterocycles. The van der Waals surface area contributed by atoms with Crippen molar-refractivity contribution in [3.8, 4) is 0 Å². The van der Waals surface area contributed by atoms with Crippen molar-refractivity contribution in [1.29, 1.82) is 0 Å². The number of anilines is 1. The number of rotatable bonds is 2. The van der Waals surface area contributed by atoms with Crippen LogP contribution in [0.2, 0.25) is 5.02 Å². The lowest BCUT2D eigenvalue weighted by Gasteiger charge is -2.08. The minimum absolute atomic E-state index is 0.310. The fraction of sp³-hybridized carbons (Fsp3) is 0. The van der Waals surface area contributed by atoms with Crippen LogP contribution in [-0.2, 0) is 0 Å². The predicted octanol–water partition coefficient (Wildman–Crippen LogP) is 3.43. The fourth-order valence-corrected chi connectivity index (χ4v) is 2.25. The molecule has 5 heteroatoms. The van der Waals surface area contributed by atoms with Crippen LogP contribution in [0.3, 0.4) is 0 Å². The van der Waals surface area contributed by atoms with Crippen LogP contribution >= 0.6 is 11.6 Å². The summed E-state index contributed by atoms with van der Waals surface area (Å²) in [6.45, 7) is 0. The van der Waals surface area contributed by atoms with Crippen molar-refractivity contribution in [2.75, 3.05) is 5.32 Å². The summed E-state index contributed by atoms with van der Waals surface area (Å²) >= 11 is 5.81. The molecule has 0 aliphatic rings. The van der Waals surface area contributed by atoms with Gasteiger partial charge in [-0.1, -0.05) is 29.8 Å². The van der Waals surface area contributed by atoms with Crippen LogP contribution in [0.4, 0.5) is 5.69 Å². The Morgan fingerprint density at radius 1 is 1.05 bits per heavy atom. The van der Waals surface area contributed by atoms with Crippen molar-refractivity contribution >= 4 is 34.1 Å². The van der Waals surface area contributed by atoms with Crippen LogP contribution in [-0.4, -0.2) is 10.9 Å². The van der Waals surface area contributed by atoms with Gasteiger partial charge in [0.05, 0.1) is 5.56 Å². The molecule has 0 fully saturated rings. The Balaban J connectivity index is 2.01. The SMILES string of the molecule is O=C(Nc1ccc(Cl)cc1)c1cc(=O)[nH]c2ccccc12. The minimum atomic E-state index is -0.334. The monoisotopic (exact) mass is 298 g/mol. The first kappa shape index (κ1) is 13.4. The molecular formula is C16H11ClN2O2. The molecular weight excluding hydrogens is 288 g/mol. The van der Waals surface area contributed by atoms with E-state index in [4.69, 9.17) is 11.6 Å². The van der Waals surface area contributed by atoms with Gasteiger partial charge < -0.3 is 10.3 Å². The second-order valence-electron chi connectivity index (χ2n) is 4.55. The number of pyridine rings is 1. The number of nitrogens with one attached hydrogen (secondary N) is 2. The molecule has 3 aromatic rings. The molecule has 3 rings (SSSR count). The molecule has 0 atom stereocenters. The Morgan fingerprint density at radius 2 is 1.76 bits per heavy atom. The van der Waals surface area contributed by atoms with E-state index in [0.717, 1.165) is 0 Å². The topological polar surface area (TPSA) is 62.0 Å². The molecule has 0 unspecified atom stereocenters.